The predicted molar refractivity (Wildman–Crippen MR) is 106 cm³/mol. The van der Waals surface area contributed by atoms with Crippen LogP contribution in [0.15, 0.2) is 40.5 Å². The summed E-state index contributed by atoms with van der Waals surface area (Å²) in [6, 6.07) is 10.9. The summed E-state index contributed by atoms with van der Waals surface area (Å²) >= 11 is 1.33. The lowest BCUT2D eigenvalue weighted by Gasteiger charge is -2.19. The van der Waals surface area contributed by atoms with E-state index in [0.717, 1.165) is 0 Å². The van der Waals surface area contributed by atoms with Gasteiger partial charge in [0.1, 0.15) is 16.9 Å². The molecule has 0 saturated carbocycles. The summed E-state index contributed by atoms with van der Waals surface area (Å²) in [5.74, 6) is 0.429. The van der Waals surface area contributed by atoms with Crippen LogP contribution in [-0.4, -0.2) is 33.9 Å². The molecule has 0 aliphatic heterocycles. The van der Waals surface area contributed by atoms with Crippen molar-refractivity contribution in [2.24, 2.45) is 0 Å². The van der Waals surface area contributed by atoms with E-state index in [1.54, 1.807) is 23.6 Å². The topological polar surface area (TPSA) is 102 Å². The van der Waals surface area contributed by atoms with Gasteiger partial charge in [0.2, 0.25) is 5.91 Å². The van der Waals surface area contributed by atoms with Gasteiger partial charge in [-0.1, -0.05) is 19.1 Å². The molecule has 1 amide bonds. The number of carbonyl (C=O) groups excluding carboxylic acids is 1. The Labute approximate surface area is 160 Å². The molecule has 0 saturated heterocycles. The van der Waals surface area contributed by atoms with E-state index in [1.165, 1.54) is 11.3 Å². The number of nitrogens with zero attached hydrogens (tertiary/aromatic N) is 3. The maximum absolute atomic E-state index is 12.2. The van der Waals surface area contributed by atoms with Crippen molar-refractivity contribution in [3.05, 3.63) is 57.5 Å². The van der Waals surface area contributed by atoms with E-state index in [2.05, 4.69) is 21.4 Å². The molecule has 0 atom stereocenters. The van der Waals surface area contributed by atoms with Gasteiger partial charge in [0.15, 0.2) is 0 Å². The Kier molecular flexibility index (Phi) is 5.96. The van der Waals surface area contributed by atoms with E-state index in [1.807, 2.05) is 24.0 Å². The summed E-state index contributed by atoms with van der Waals surface area (Å²) < 4.78 is 0. The summed E-state index contributed by atoms with van der Waals surface area (Å²) in [4.78, 5) is 33.7. The second-order valence-corrected chi connectivity index (χ2v) is 6.89. The van der Waals surface area contributed by atoms with Crippen LogP contribution in [0.4, 0.5) is 5.00 Å². The fourth-order valence-corrected chi connectivity index (χ4v) is 3.47. The van der Waals surface area contributed by atoms with Gasteiger partial charge in [-0.2, -0.15) is 5.26 Å². The Morgan fingerprint density at radius 3 is 2.96 bits per heavy atom. The molecule has 0 radical (unpaired) electrons. The molecule has 2 aromatic heterocycles. The van der Waals surface area contributed by atoms with Crippen LogP contribution in [0.3, 0.4) is 0 Å². The smallest absolute Gasteiger partial charge is 0.258 e. The van der Waals surface area contributed by atoms with Gasteiger partial charge in [-0.15, -0.1) is 11.3 Å². The van der Waals surface area contributed by atoms with Crippen LogP contribution in [0.25, 0.3) is 10.9 Å². The van der Waals surface area contributed by atoms with Crippen molar-refractivity contribution < 1.29 is 4.79 Å². The van der Waals surface area contributed by atoms with E-state index < -0.39 is 0 Å². The van der Waals surface area contributed by atoms with E-state index in [9.17, 15) is 9.59 Å². The SMILES string of the molecule is CCN(CCC(=O)Nc1sccc1C#N)Cc1nc2ccccc2c(=O)[nH]1. The normalized spacial score (nSPS) is 10.9. The Balaban J connectivity index is 1.62. The number of fused-ring (bicyclic) bond motifs is 1. The molecule has 2 heterocycles. The zero-order valence-corrected chi connectivity index (χ0v) is 15.7. The second-order valence-electron chi connectivity index (χ2n) is 5.97. The number of amides is 1. The molecule has 0 spiro atoms. The third-order valence-corrected chi connectivity index (χ3v) is 5.01. The van der Waals surface area contributed by atoms with Crippen LogP contribution in [0.1, 0.15) is 24.7 Å². The molecule has 27 heavy (non-hydrogen) atoms. The van der Waals surface area contributed by atoms with Crippen LogP contribution in [0.5, 0.6) is 0 Å². The largest absolute Gasteiger partial charge is 0.317 e. The monoisotopic (exact) mass is 381 g/mol. The van der Waals surface area contributed by atoms with Gasteiger partial charge >= 0.3 is 0 Å². The van der Waals surface area contributed by atoms with E-state index in [4.69, 9.17) is 5.26 Å². The number of para-hydroxylation sites is 1. The van der Waals surface area contributed by atoms with Gasteiger partial charge in [0.05, 0.1) is 23.0 Å². The van der Waals surface area contributed by atoms with Crippen LogP contribution in [-0.2, 0) is 11.3 Å². The van der Waals surface area contributed by atoms with Gasteiger partial charge < -0.3 is 10.3 Å². The molecule has 138 valence electrons. The summed E-state index contributed by atoms with van der Waals surface area (Å²) in [6.45, 7) is 3.68. The Bertz CT molecular complexity index is 1050. The highest BCUT2D eigenvalue weighted by molar-refractivity contribution is 7.14. The van der Waals surface area contributed by atoms with Crippen LogP contribution < -0.4 is 10.9 Å². The van der Waals surface area contributed by atoms with Crippen molar-refractivity contribution in [3.63, 3.8) is 0 Å². The van der Waals surface area contributed by atoms with Crippen LogP contribution in [0.2, 0.25) is 0 Å². The van der Waals surface area contributed by atoms with Crippen molar-refractivity contribution in [1.29, 1.82) is 5.26 Å². The third kappa shape index (κ3) is 4.58. The van der Waals surface area contributed by atoms with E-state index in [0.29, 0.717) is 46.9 Å². The lowest BCUT2D eigenvalue weighted by Crippen LogP contribution is -2.29. The number of thiophene rings is 1. The number of H-pyrrole nitrogens is 1. The van der Waals surface area contributed by atoms with E-state index in [-0.39, 0.29) is 17.9 Å². The van der Waals surface area contributed by atoms with Gasteiger partial charge in [-0.3, -0.25) is 14.5 Å². The number of aromatic amines is 1. The molecule has 0 bridgehead atoms. The predicted octanol–water partition coefficient (Wildman–Crippen LogP) is 2.71. The zero-order chi connectivity index (χ0) is 19.2. The molecule has 3 aromatic rings. The van der Waals surface area contributed by atoms with Gasteiger partial charge in [-0.05, 0) is 30.1 Å². The van der Waals surface area contributed by atoms with E-state index >= 15 is 0 Å². The number of aromatic nitrogens is 2. The fourth-order valence-electron chi connectivity index (χ4n) is 2.71. The first-order valence-electron chi connectivity index (χ1n) is 8.58. The maximum atomic E-state index is 12.2. The number of hydrogen-bond acceptors (Lipinski definition) is 6. The summed E-state index contributed by atoms with van der Waals surface area (Å²) in [5, 5.41) is 14.7. The Morgan fingerprint density at radius 2 is 2.19 bits per heavy atom. The molecule has 0 fully saturated rings. The highest BCUT2D eigenvalue weighted by Crippen LogP contribution is 2.22. The van der Waals surface area contributed by atoms with Crippen molar-refractivity contribution in [2.45, 2.75) is 19.9 Å². The van der Waals surface area contributed by atoms with Crippen LogP contribution in [0, 0.1) is 11.3 Å². The van der Waals surface area contributed by atoms with Crippen molar-refractivity contribution in [1.82, 2.24) is 14.9 Å². The van der Waals surface area contributed by atoms with Gasteiger partial charge in [0.25, 0.3) is 5.56 Å². The first-order valence-corrected chi connectivity index (χ1v) is 9.46. The minimum absolute atomic E-state index is 0.146. The molecule has 0 unspecified atom stereocenters. The standard InChI is InChI=1S/C19H19N5O2S/c1-2-24(9-7-17(25)23-19-13(11-20)8-10-27-19)12-16-21-15-6-4-3-5-14(15)18(26)22-16/h3-6,8,10H,2,7,9,12H2,1H3,(H,23,25)(H,21,22,26). The highest BCUT2D eigenvalue weighted by atomic mass is 32.1. The number of benzene rings is 1. The highest BCUT2D eigenvalue weighted by Gasteiger charge is 2.12. The number of hydrogen-bond donors (Lipinski definition) is 2. The minimum atomic E-state index is -0.161. The average Bonchev–Trinajstić information content (AvgIpc) is 3.12. The zero-order valence-electron chi connectivity index (χ0n) is 14.9. The summed E-state index contributed by atoms with van der Waals surface area (Å²) in [5.41, 5.74) is 0.969. The van der Waals surface area contributed by atoms with Crippen LogP contribution >= 0.6 is 11.3 Å². The van der Waals surface area contributed by atoms with Crippen molar-refractivity contribution >= 4 is 33.1 Å². The number of anilines is 1. The lowest BCUT2D eigenvalue weighted by atomic mass is 10.2. The number of nitriles is 1. The molecular formula is C19H19N5O2S. The lowest BCUT2D eigenvalue weighted by molar-refractivity contribution is -0.116. The van der Waals surface area contributed by atoms with Crippen molar-refractivity contribution in [2.75, 3.05) is 18.4 Å². The fraction of sp³-hybridized carbons (Fsp3) is 0.263. The third-order valence-electron chi connectivity index (χ3n) is 4.18. The molecule has 7 nitrogen and oxygen atoms in total. The maximum Gasteiger partial charge on any atom is 0.258 e. The molecule has 8 heteroatoms. The Hall–Kier alpha value is -3.02. The number of nitrogens with one attached hydrogen (secondary N) is 2. The summed E-state index contributed by atoms with van der Waals surface area (Å²) in [7, 11) is 0. The van der Waals surface area contributed by atoms with Gasteiger partial charge in [-0.25, -0.2) is 4.98 Å². The minimum Gasteiger partial charge on any atom is -0.317 e. The summed E-state index contributed by atoms with van der Waals surface area (Å²) in [6.07, 6.45) is 0.286. The number of rotatable bonds is 7. The Morgan fingerprint density at radius 1 is 1.37 bits per heavy atom. The molecule has 1 aromatic carbocycles. The average molecular weight is 381 g/mol. The van der Waals surface area contributed by atoms with Crippen molar-refractivity contribution in [3.8, 4) is 6.07 Å². The molecule has 3 rings (SSSR count). The first kappa shape index (κ1) is 18.8. The number of carbonyl (C=O) groups is 1. The van der Waals surface area contributed by atoms with Gasteiger partial charge in [0, 0.05) is 13.0 Å². The molecular weight excluding hydrogens is 362 g/mol. The first-order chi connectivity index (χ1) is 13.1. The quantitative estimate of drug-likeness (QED) is 0.655. The second kappa shape index (κ2) is 8.58. The molecule has 2 N–H and O–H groups in total. The molecule has 0 aliphatic carbocycles. The molecule has 0 aliphatic rings.